The molecule has 0 aliphatic heterocycles. The molecule has 0 fully saturated rings. The number of likely N-dealkylation sites (N-methyl/N-ethyl adjacent to an activating group) is 1. The van der Waals surface area contributed by atoms with E-state index in [1.165, 1.54) is 6.92 Å². The van der Waals surface area contributed by atoms with Crippen molar-refractivity contribution < 1.29 is 14.4 Å². The lowest BCUT2D eigenvalue weighted by Gasteiger charge is -2.24. The maximum atomic E-state index is 12.3. The van der Waals surface area contributed by atoms with Crippen LogP contribution in [-0.2, 0) is 14.4 Å². The summed E-state index contributed by atoms with van der Waals surface area (Å²) in [5.41, 5.74) is 0. The van der Waals surface area contributed by atoms with Gasteiger partial charge >= 0.3 is 0 Å². The van der Waals surface area contributed by atoms with Crippen LogP contribution < -0.4 is 16.0 Å². The molecule has 3 N–H and O–H groups in total. The lowest BCUT2D eigenvalue weighted by Crippen LogP contribution is -2.53. The van der Waals surface area contributed by atoms with Gasteiger partial charge in [0, 0.05) is 14.0 Å². The van der Waals surface area contributed by atoms with Crippen LogP contribution in [0.5, 0.6) is 0 Å². The Kier molecular flexibility index (Phi) is 8.66. The molecular weight excluding hydrogens is 270 g/mol. The van der Waals surface area contributed by atoms with E-state index in [-0.39, 0.29) is 29.6 Å². The number of carbonyl (C=O) groups excluding carboxylic acids is 3. The highest BCUT2D eigenvalue weighted by atomic mass is 16.2. The SMILES string of the molecule is CNC(=O)[C@H](CC(C)C)NC(=O)[C@H](CC(C)C)NC(C)=O. The largest absolute Gasteiger partial charge is 0.357 e. The van der Waals surface area contributed by atoms with E-state index in [1.807, 2.05) is 27.7 Å². The van der Waals surface area contributed by atoms with Crippen LogP contribution in [0, 0.1) is 11.8 Å². The third kappa shape index (κ3) is 8.32. The molecule has 21 heavy (non-hydrogen) atoms. The molecule has 0 heterocycles. The van der Waals surface area contributed by atoms with Crippen LogP contribution in [0.2, 0.25) is 0 Å². The van der Waals surface area contributed by atoms with Crippen LogP contribution in [0.1, 0.15) is 47.5 Å². The van der Waals surface area contributed by atoms with Crippen LogP contribution in [0.4, 0.5) is 0 Å². The Morgan fingerprint density at radius 1 is 0.810 bits per heavy atom. The van der Waals surface area contributed by atoms with Crippen LogP contribution >= 0.6 is 0 Å². The van der Waals surface area contributed by atoms with Crippen molar-refractivity contribution >= 4 is 17.7 Å². The van der Waals surface area contributed by atoms with Gasteiger partial charge in [0.2, 0.25) is 17.7 Å². The smallest absolute Gasteiger partial charge is 0.243 e. The van der Waals surface area contributed by atoms with Gasteiger partial charge in [0.05, 0.1) is 0 Å². The molecule has 0 aromatic rings. The van der Waals surface area contributed by atoms with Crippen molar-refractivity contribution in [2.45, 2.75) is 59.5 Å². The zero-order chi connectivity index (χ0) is 16.6. The second-order valence-electron chi connectivity index (χ2n) is 6.19. The summed E-state index contributed by atoms with van der Waals surface area (Å²) in [6, 6.07) is -1.19. The van der Waals surface area contributed by atoms with Gasteiger partial charge in [-0.2, -0.15) is 0 Å². The number of hydrogen-bond acceptors (Lipinski definition) is 3. The molecule has 0 rings (SSSR count). The molecule has 0 saturated heterocycles. The predicted octanol–water partition coefficient (Wildman–Crippen LogP) is 0.814. The summed E-state index contributed by atoms with van der Waals surface area (Å²) in [6.07, 6.45) is 1.09. The van der Waals surface area contributed by atoms with E-state index in [4.69, 9.17) is 0 Å². The van der Waals surface area contributed by atoms with E-state index < -0.39 is 12.1 Å². The Morgan fingerprint density at radius 2 is 1.24 bits per heavy atom. The molecule has 0 bridgehead atoms. The number of hydrogen-bond donors (Lipinski definition) is 3. The summed E-state index contributed by atoms with van der Waals surface area (Å²) in [4.78, 5) is 35.4. The van der Waals surface area contributed by atoms with Crippen LogP contribution in [0.3, 0.4) is 0 Å². The first-order chi connectivity index (χ1) is 9.67. The average Bonchev–Trinajstić information content (AvgIpc) is 2.34. The van der Waals surface area contributed by atoms with Gasteiger partial charge in [0.1, 0.15) is 12.1 Å². The number of rotatable bonds is 8. The predicted molar refractivity (Wildman–Crippen MR) is 82.5 cm³/mol. The molecule has 0 aromatic heterocycles. The first-order valence-electron chi connectivity index (χ1n) is 7.46. The molecule has 2 atom stereocenters. The van der Waals surface area contributed by atoms with Gasteiger partial charge < -0.3 is 16.0 Å². The quantitative estimate of drug-likeness (QED) is 0.620. The Labute approximate surface area is 127 Å². The minimum Gasteiger partial charge on any atom is -0.357 e. The summed E-state index contributed by atoms with van der Waals surface area (Å²) >= 11 is 0. The fraction of sp³-hybridized carbons (Fsp3) is 0.800. The summed E-state index contributed by atoms with van der Waals surface area (Å²) in [5.74, 6) is -0.249. The Hall–Kier alpha value is -1.59. The lowest BCUT2D eigenvalue weighted by atomic mass is 10.00. The fourth-order valence-electron chi connectivity index (χ4n) is 2.10. The van der Waals surface area contributed by atoms with E-state index in [1.54, 1.807) is 7.05 Å². The minimum atomic E-state index is -0.609. The summed E-state index contributed by atoms with van der Waals surface area (Å²) in [6.45, 7) is 9.31. The lowest BCUT2D eigenvalue weighted by molar-refractivity contribution is -0.132. The highest BCUT2D eigenvalue weighted by Crippen LogP contribution is 2.08. The van der Waals surface area contributed by atoms with Crippen molar-refractivity contribution in [2.24, 2.45) is 11.8 Å². The topological polar surface area (TPSA) is 87.3 Å². The first kappa shape index (κ1) is 19.4. The summed E-state index contributed by atoms with van der Waals surface area (Å²) in [5, 5.41) is 7.94. The number of nitrogens with one attached hydrogen (secondary N) is 3. The normalized spacial score (nSPS) is 13.7. The standard InChI is InChI=1S/C15H29N3O3/c1-9(2)7-12(14(20)16-6)18-15(21)13(8-10(3)4)17-11(5)19/h9-10,12-13H,7-8H2,1-6H3,(H,16,20)(H,17,19)(H,18,21)/t12-,13-/m0/s1. The molecular formula is C15H29N3O3. The van der Waals surface area contributed by atoms with Crippen molar-refractivity contribution in [3.05, 3.63) is 0 Å². The second kappa shape index (κ2) is 9.37. The van der Waals surface area contributed by atoms with E-state index in [0.717, 1.165) is 0 Å². The average molecular weight is 299 g/mol. The summed E-state index contributed by atoms with van der Waals surface area (Å²) < 4.78 is 0. The van der Waals surface area contributed by atoms with Crippen LogP contribution in [-0.4, -0.2) is 36.9 Å². The van der Waals surface area contributed by atoms with Crippen LogP contribution in [0.25, 0.3) is 0 Å². The van der Waals surface area contributed by atoms with Gasteiger partial charge in [-0.05, 0) is 24.7 Å². The number of amides is 3. The van der Waals surface area contributed by atoms with E-state index >= 15 is 0 Å². The highest BCUT2D eigenvalue weighted by molar-refractivity contribution is 5.91. The first-order valence-corrected chi connectivity index (χ1v) is 7.46. The highest BCUT2D eigenvalue weighted by Gasteiger charge is 2.26. The number of carbonyl (C=O) groups is 3. The molecule has 6 heteroatoms. The fourth-order valence-corrected chi connectivity index (χ4v) is 2.10. The molecule has 0 aromatic carbocycles. The van der Waals surface area contributed by atoms with Crippen molar-refractivity contribution in [2.75, 3.05) is 7.05 Å². The zero-order valence-electron chi connectivity index (χ0n) is 13.9. The zero-order valence-corrected chi connectivity index (χ0v) is 13.9. The third-order valence-corrected chi connectivity index (χ3v) is 2.99. The van der Waals surface area contributed by atoms with Crippen LogP contribution in [0.15, 0.2) is 0 Å². The van der Waals surface area contributed by atoms with Crippen molar-refractivity contribution in [3.63, 3.8) is 0 Å². The van der Waals surface area contributed by atoms with Gasteiger partial charge in [0.15, 0.2) is 0 Å². The summed E-state index contributed by atoms with van der Waals surface area (Å²) in [7, 11) is 1.54. The molecule has 0 aliphatic carbocycles. The molecule has 6 nitrogen and oxygen atoms in total. The maximum absolute atomic E-state index is 12.3. The van der Waals surface area contributed by atoms with Gasteiger partial charge in [-0.3, -0.25) is 14.4 Å². The molecule has 0 aliphatic rings. The van der Waals surface area contributed by atoms with Gasteiger partial charge in [-0.1, -0.05) is 27.7 Å². The Balaban J connectivity index is 4.87. The molecule has 0 unspecified atom stereocenters. The van der Waals surface area contributed by atoms with Gasteiger partial charge in [0.25, 0.3) is 0 Å². The maximum Gasteiger partial charge on any atom is 0.243 e. The van der Waals surface area contributed by atoms with Crippen molar-refractivity contribution in [1.29, 1.82) is 0 Å². The Bertz CT molecular complexity index is 367. The molecule has 0 saturated carbocycles. The van der Waals surface area contributed by atoms with Gasteiger partial charge in [-0.15, -0.1) is 0 Å². The minimum absolute atomic E-state index is 0.219. The molecule has 122 valence electrons. The van der Waals surface area contributed by atoms with Crippen molar-refractivity contribution in [1.82, 2.24) is 16.0 Å². The third-order valence-electron chi connectivity index (χ3n) is 2.99. The Morgan fingerprint density at radius 3 is 1.57 bits per heavy atom. The molecule has 0 radical (unpaired) electrons. The molecule has 3 amide bonds. The monoisotopic (exact) mass is 299 g/mol. The van der Waals surface area contributed by atoms with E-state index in [9.17, 15) is 14.4 Å². The van der Waals surface area contributed by atoms with Gasteiger partial charge in [-0.25, -0.2) is 0 Å². The van der Waals surface area contributed by atoms with Crippen molar-refractivity contribution in [3.8, 4) is 0 Å². The molecule has 0 spiro atoms. The van der Waals surface area contributed by atoms with E-state index in [2.05, 4.69) is 16.0 Å². The van der Waals surface area contributed by atoms with E-state index in [0.29, 0.717) is 12.8 Å². The second-order valence-corrected chi connectivity index (χ2v) is 6.19.